The van der Waals surface area contributed by atoms with Crippen molar-refractivity contribution in [2.75, 3.05) is 13.7 Å². The summed E-state index contributed by atoms with van der Waals surface area (Å²) >= 11 is 0. The van der Waals surface area contributed by atoms with E-state index in [-0.39, 0.29) is 29.5 Å². The van der Waals surface area contributed by atoms with E-state index < -0.39 is 0 Å². The van der Waals surface area contributed by atoms with Crippen LogP contribution in [0.1, 0.15) is 33.3 Å². The van der Waals surface area contributed by atoms with E-state index in [9.17, 15) is 0 Å². The van der Waals surface area contributed by atoms with E-state index in [0.717, 1.165) is 11.5 Å². The lowest BCUT2D eigenvalue weighted by atomic mass is 10.1. The van der Waals surface area contributed by atoms with Gasteiger partial charge in [0.05, 0.1) is 6.61 Å². The van der Waals surface area contributed by atoms with Crippen LogP contribution in [-0.4, -0.2) is 30.1 Å². The summed E-state index contributed by atoms with van der Waals surface area (Å²) < 4.78 is 5.49. The van der Waals surface area contributed by atoms with Crippen LogP contribution in [0.5, 0.6) is 5.88 Å². The van der Waals surface area contributed by atoms with Gasteiger partial charge in [0.25, 0.3) is 0 Å². The highest BCUT2D eigenvalue weighted by molar-refractivity contribution is 14.0. The molecule has 1 heterocycles. The number of pyridine rings is 1. The lowest BCUT2D eigenvalue weighted by molar-refractivity contribution is 0.322. The molecule has 0 amide bonds. The number of halogens is 1. The first-order chi connectivity index (χ1) is 8.96. The van der Waals surface area contributed by atoms with Crippen molar-refractivity contribution in [2.24, 2.45) is 4.99 Å². The third-order valence-electron chi connectivity index (χ3n) is 2.29. The molecular formula is C14H25IN4O. The maximum atomic E-state index is 5.49. The quantitative estimate of drug-likeness (QED) is 0.470. The highest BCUT2D eigenvalue weighted by Gasteiger charge is 2.12. The van der Waals surface area contributed by atoms with Crippen molar-refractivity contribution in [3.63, 3.8) is 0 Å². The molecule has 0 saturated heterocycles. The van der Waals surface area contributed by atoms with Crippen LogP contribution in [0.15, 0.2) is 23.3 Å². The van der Waals surface area contributed by atoms with Crippen molar-refractivity contribution < 1.29 is 4.74 Å². The number of nitrogens with one attached hydrogen (secondary N) is 2. The topological polar surface area (TPSA) is 58.5 Å². The van der Waals surface area contributed by atoms with Crippen molar-refractivity contribution in [3.05, 3.63) is 23.9 Å². The first-order valence-corrected chi connectivity index (χ1v) is 6.51. The minimum Gasteiger partial charge on any atom is -0.478 e. The third-order valence-corrected chi connectivity index (χ3v) is 2.29. The van der Waals surface area contributed by atoms with Gasteiger partial charge < -0.3 is 15.4 Å². The molecule has 5 nitrogen and oxygen atoms in total. The summed E-state index contributed by atoms with van der Waals surface area (Å²) in [5, 5.41) is 6.57. The Morgan fingerprint density at radius 2 is 2.10 bits per heavy atom. The zero-order valence-corrected chi connectivity index (χ0v) is 15.2. The Balaban J connectivity index is 0.00000361. The molecule has 20 heavy (non-hydrogen) atoms. The van der Waals surface area contributed by atoms with Gasteiger partial charge in [0.2, 0.25) is 5.88 Å². The number of nitrogens with zero attached hydrogens (tertiary/aromatic N) is 2. The Hall–Kier alpha value is -1.05. The van der Waals surface area contributed by atoms with Gasteiger partial charge >= 0.3 is 0 Å². The fourth-order valence-electron chi connectivity index (χ4n) is 1.54. The van der Waals surface area contributed by atoms with E-state index in [4.69, 9.17) is 4.74 Å². The van der Waals surface area contributed by atoms with Gasteiger partial charge in [-0.3, -0.25) is 4.99 Å². The maximum Gasteiger partial charge on any atom is 0.218 e. The fraction of sp³-hybridized carbons (Fsp3) is 0.571. The van der Waals surface area contributed by atoms with Gasteiger partial charge in [-0.25, -0.2) is 4.98 Å². The smallest absolute Gasteiger partial charge is 0.218 e. The Labute approximate surface area is 138 Å². The molecule has 0 aliphatic heterocycles. The van der Waals surface area contributed by atoms with Crippen molar-refractivity contribution >= 4 is 29.9 Å². The van der Waals surface area contributed by atoms with Crippen LogP contribution in [0.2, 0.25) is 0 Å². The van der Waals surface area contributed by atoms with Crippen LogP contribution in [0.25, 0.3) is 0 Å². The SMILES string of the molecule is CCOc1ncccc1CNC(=NC)NC(C)(C)C.I. The lowest BCUT2D eigenvalue weighted by Crippen LogP contribution is -2.47. The normalized spacial score (nSPS) is 11.6. The molecule has 6 heteroatoms. The summed E-state index contributed by atoms with van der Waals surface area (Å²) in [6.45, 7) is 9.46. The molecule has 1 aromatic rings. The predicted molar refractivity (Wildman–Crippen MR) is 93.9 cm³/mol. The van der Waals surface area contributed by atoms with E-state index in [2.05, 4.69) is 41.4 Å². The maximum absolute atomic E-state index is 5.49. The lowest BCUT2D eigenvalue weighted by Gasteiger charge is -2.23. The number of aromatic nitrogens is 1. The van der Waals surface area contributed by atoms with E-state index in [1.807, 2.05) is 19.1 Å². The second-order valence-corrected chi connectivity index (χ2v) is 5.20. The fourth-order valence-corrected chi connectivity index (χ4v) is 1.54. The first-order valence-electron chi connectivity index (χ1n) is 6.51. The van der Waals surface area contributed by atoms with Gasteiger partial charge in [0.15, 0.2) is 5.96 Å². The van der Waals surface area contributed by atoms with Gasteiger partial charge in [0.1, 0.15) is 0 Å². The zero-order valence-electron chi connectivity index (χ0n) is 12.9. The third kappa shape index (κ3) is 6.93. The molecule has 2 N–H and O–H groups in total. The van der Waals surface area contributed by atoms with E-state index in [1.54, 1.807) is 13.2 Å². The molecule has 0 aromatic carbocycles. The number of rotatable bonds is 4. The molecule has 0 fully saturated rings. The standard InChI is InChI=1S/C14H24N4O.HI/c1-6-19-12-11(8-7-9-16-12)10-17-13(15-5)18-14(2,3)4;/h7-9H,6,10H2,1-5H3,(H2,15,17,18);1H. The molecule has 0 radical (unpaired) electrons. The van der Waals surface area contributed by atoms with Crippen LogP contribution in [0.3, 0.4) is 0 Å². The largest absolute Gasteiger partial charge is 0.478 e. The molecule has 0 spiro atoms. The average molecular weight is 392 g/mol. The molecule has 0 unspecified atom stereocenters. The average Bonchev–Trinajstić information content (AvgIpc) is 2.35. The summed E-state index contributed by atoms with van der Waals surface area (Å²) in [7, 11) is 1.76. The van der Waals surface area contributed by atoms with Crippen LogP contribution in [0.4, 0.5) is 0 Å². The molecule has 0 aliphatic rings. The number of guanidine groups is 1. The van der Waals surface area contributed by atoms with Crippen molar-refractivity contribution in [1.82, 2.24) is 15.6 Å². The van der Waals surface area contributed by atoms with Gasteiger partial charge in [-0.05, 0) is 33.8 Å². The Morgan fingerprint density at radius 3 is 2.65 bits per heavy atom. The summed E-state index contributed by atoms with van der Waals surface area (Å²) in [5.74, 6) is 1.43. The number of hydrogen-bond acceptors (Lipinski definition) is 3. The molecule has 114 valence electrons. The number of ether oxygens (including phenoxy) is 1. The highest BCUT2D eigenvalue weighted by atomic mass is 127. The minimum absolute atomic E-state index is 0. The number of hydrogen-bond donors (Lipinski definition) is 2. The molecule has 0 aliphatic carbocycles. The highest BCUT2D eigenvalue weighted by Crippen LogP contribution is 2.13. The van der Waals surface area contributed by atoms with E-state index in [1.165, 1.54) is 0 Å². The van der Waals surface area contributed by atoms with E-state index >= 15 is 0 Å². The van der Waals surface area contributed by atoms with Crippen LogP contribution in [0, 0.1) is 0 Å². The Morgan fingerprint density at radius 1 is 1.40 bits per heavy atom. The van der Waals surface area contributed by atoms with Gasteiger partial charge in [0, 0.05) is 30.9 Å². The molecular weight excluding hydrogens is 367 g/mol. The Bertz CT molecular complexity index is 429. The summed E-state index contributed by atoms with van der Waals surface area (Å²) in [5.41, 5.74) is 0.987. The van der Waals surface area contributed by atoms with Gasteiger partial charge in [-0.15, -0.1) is 24.0 Å². The molecule has 1 rings (SSSR count). The van der Waals surface area contributed by atoms with Gasteiger partial charge in [-0.2, -0.15) is 0 Å². The monoisotopic (exact) mass is 392 g/mol. The Kier molecular flexibility index (Phi) is 8.52. The van der Waals surface area contributed by atoms with Gasteiger partial charge in [-0.1, -0.05) is 6.07 Å². The summed E-state index contributed by atoms with van der Waals surface area (Å²) in [6, 6.07) is 3.90. The molecule has 1 aromatic heterocycles. The van der Waals surface area contributed by atoms with Crippen LogP contribution >= 0.6 is 24.0 Å². The second-order valence-electron chi connectivity index (χ2n) is 5.20. The molecule has 0 saturated carbocycles. The summed E-state index contributed by atoms with van der Waals surface area (Å²) in [4.78, 5) is 8.42. The van der Waals surface area contributed by atoms with Crippen LogP contribution < -0.4 is 15.4 Å². The van der Waals surface area contributed by atoms with Crippen molar-refractivity contribution in [3.8, 4) is 5.88 Å². The van der Waals surface area contributed by atoms with Crippen molar-refractivity contribution in [1.29, 1.82) is 0 Å². The molecule has 0 atom stereocenters. The predicted octanol–water partition coefficient (Wildman–Crippen LogP) is 2.56. The summed E-state index contributed by atoms with van der Waals surface area (Å²) in [6.07, 6.45) is 1.73. The molecule has 0 bridgehead atoms. The van der Waals surface area contributed by atoms with Crippen molar-refractivity contribution in [2.45, 2.75) is 39.8 Å². The van der Waals surface area contributed by atoms with E-state index in [0.29, 0.717) is 19.0 Å². The first kappa shape index (κ1) is 18.9. The second kappa shape index (κ2) is 8.99. The van der Waals surface area contributed by atoms with Crippen LogP contribution in [-0.2, 0) is 6.54 Å². The number of aliphatic imine (C=N–C) groups is 1. The minimum atomic E-state index is -0.0282. The zero-order chi connectivity index (χ0) is 14.3.